The fourth-order valence-corrected chi connectivity index (χ4v) is 3.36. The zero-order valence-electron chi connectivity index (χ0n) is 14.3. The first-order valence-electron chi connectivity index (χ1n) is 8.28. The highest BCUT2D eigenvalue weighted by Gasteiger charge is 2.36. The minimum Gasteiger partial charge on any atom is -1.00 e. The van der Waals surface area contributed by atoms with Crippen LogP contribution in [0.5, 0.6) is 0 Å². The van der Waals surface area contributed by atoms with Crippen molar-refractivity contribution < 1.29 is 12.4 Å². The van der Waals surface area contributed by atoms with Crippen LogP contribution >= 0.6 is 0 Å². The van der Waals surface area contributed by atoms with E-state index in [1.165, 1.54) is 17.1 Å². The molecule has 0 saturated heterocycles. The average Bonchev–Trinajstić information content (AvgIpc) is 2.62. The third-order valence-corrected chi connectivity index (χ3v) is 4.23. The molecule has 0 unspecified atom stereocenters. The van der Waals surface area contributed by atoms with Crippen molar-refractivity contribution in [2.45, 2.75) is 13.8 Å². The van der Waals surface area contributed by atoms with Gasteiger partial charge in [0.15, 0.2) is 0 Å². The zero-order valence-corrected chi connectivity index (χ0v) is 15.0. The van der Waals surface area contributed by atoms with Gasteiger partial charge in [0.2, 0.25) is 0 Å². The summed E-state index contributed by atoms with van der Waals surface area (Å²) in [4.78, 5) is 0. The van der Waals surface area contributed by atoms with Gasteiger partial charge in [0, 0.05) is 5.92 Å². The summed E-state index contributed by atoms with van der Waals surface area (Å²) < 4.78 is 0.750. The Labute approximate surface area is 151 Å². The molecule has 0 aliphatic carbocycles. The molecular weight excluding hydrogens is 314 g/mol. The lowest BCUT2D eigenvalue weighted by Gasteiger charge is -2.38. The Balaban J connectivity index is 0.00000208. The van der Waals surface area contributed by atoms with E-state index in [-0.39, 0.29) is 12.4 Å². The lowest BCUT2D eigenvalue weighted by molar-refractivity contribution is -0.00000472. The van der Waals surface area contributed by atoms with Gasteiger partial charge in [0.25, 0.3) is 0 Å². The summed E-state index contributed by atoms with van der Waals surface area (Å²) in [7, 11) is 0. The van der Waals surface area contributed by atoms with Crippen molar-refractivity contribution in [2.24, 2.45) is 5.92 Å². The molecule has 0 saturated carbocycles. The number of quaternary nitrogens is 1. The predicted octanol–water partition coefficient (Wildman–Crippen LogP) is 3.32. The Bertz CT molecular complexity index is 627. The van der Waals surface area contributed by atoms with Gasteiger partial charge in [-0.05, 0) is 36.4 Å². The first-order valence-corrected chi connectivity index (χ1v) is 8.28. The van der Waals surface area contributed by atoms with Crippen LogP contribution in [-0.2, 0) is 0 Å². The Hall–Kier alpha value is -2.09. The van der Waals surface area contributed by atoms with E-state index in [0.29, 0.717) is 5.92 Å². The minimum atomic E-state index is 0. The average molecular weight is 338 g/mol. The molecule has 0 spiro atoms. The second kappa shape index (κ2) is 8.14. The van der Waals surface area contributed by atoms with E-state index in [1.54, 1.807) is 0 Å². The second-order valence-corrected chi connectivity index (χ2v) is 6.39. The van der Waals surface area contributed by atoms with E-state index < -0.39 is 0 Å². The molecular formula is C22H24ClN. The Morgan fingerprint density at radius 2 is 0.875 bits per heavy atom. The molecule has 0 bridgehead atoms. The first kappa shape index (κ1) is 18.3. The monoisotopic (exact) mass is 337 g/mol. The van der Waals surface area contributed by atoms with Crippen molar-refractivity contribution in [3.63, 3.8) is 0 Å². The van der Waals surface area contributed by atoms with E-state index in [9.17, 15) is 0 Å². The molecule has 0 aliphatic heterocycles. The molecule has 0 aliphatic rings. The predicted molar refractivity (Wildman–Crippen MR) is 100 cm³/mol. The number of nitrogens with zero attached hydrogens (tertiary/aromatic N) is 1. The fraction of sp³-hybridized carbons (Fsp3) is 0.182. The summed E-state index contributed by atoms with van der Waals surface area (Å²) in [5.74, 6) is 0.565. The summed E-state index contributed by atoms with van der Waals surface area (Å²) in [5.41, 5.74) is 3.91. The summed E-state index contributed by atoms with van der Waals surface area (Å²) in [6, 6.07) is 32.5. The summed E-state index contributed by atoms with van der Waals surface area (Å²) in [5, 5.41) is 0. The molecule has 124 valence electrons. The van der Waals surface area contributed by atoms with Crippen LogP contribution in [0.4, 0.5) is 17.1 Å². The second-order valence-electron chi connectivity index (χ2n) is 6.39. The Morgan fingerprint density at radius 3 is 1.12 bits per heavy atom. The molecule has 3 aromatic rings. The lowest BCUT2D eigenvalue weighted by atomic mass is 10.0. The van der Waals surface area contributed by atoms with Crippen LogP contribution in [0.1, 0.15) is 13.8 Å². The number of rotatable bonds is 5. The molecule has 0 fully saturated rings. The van der Waals surface area contributed by atoms with Gasteiger partial charge in [-0.15, -0.1) is 0 Å². The molecule has 3 aromatic carbocycles. The maximum absolute atomic E-state index is 2.29. The van der Waals surface area contributed by atoms with Gasteiger partial charge < -0.3 is 12.4 Å². The minimum absolute atomic E-state index is 0. The molecule has 1 nitrogen and oxygen atoms in total. The third kappa shape index (κ3) is 3.53. The summed E-state index contributed by atoms with van der Waals surface area (Å²) in [6.07, 6.45) is 0. The van der Waals surface area contributed by atoms with Gasteiger partial charge in [-0.1, -0.05) is 68.4 Å². The molecule has 24 heavy (non-hydrogen) atoms. The fourth-order valence-electron chi connectivity index (χ4n) is 3.36. The van der Waals surface area contributed by atoms with E-state index in [1.807, 2.05) is 0 Å². The van der Waals surface area contributed by atoms with E-state index in [4.69, 9.17) is 0 Å². The van der Waals surface area contributed by atoms with Gasteiger partial charge in [-0.2, -0.15) is 0 Å². The normalized spacial score (nSPS) is 11.1. The summed E-state index contributed by atoms with van der Waals surface area (Å²) >= 11 is 0. The van der Waals surface area contributed by atoms with Crippen molar-refractivity contribution in [1.82, 2.24) is 4.48 Å². The molecule has 0 amide bonds. The van der Waals surface area contributed by atoms with Gasteiger partial charge >= 0.3 is 0 Å². The number of halogens is 1. The standard InChI is InChI=1S/C22H24N.ClH/c1-19(2)18-23(20-12-6-3-7-13-20,21-14-8-4-9-15-21)22-16-10-5-11-17-22;/h3-17,19H,18H2,1-2H3;1H/q+1;/p-1. The summed E-state index contributed by atoms with van der Waals surface area (Å²) in [6.45, 7) is 5.61. The highest BCUT2D eigenvalue weighted by molar-refractivity contribution is 5.70. The van der Waals surface area contributed by atoms with Crippen molar-refractivity contribution in [3.8, 4) is 0 Å². The van der Waals surface area contributed by atoms with Crippen LogP contribution in [0.2, 0.25) is 0 Å². The van der Waals surface area contributed by atoms with Crippen molar-refractivity contribution in [3.05, 3.63) is 91.0 Å². The van der Waals surface area contributed by atoms with Gasteiger partial charge in [0.05, 0.1) is 6.54 Å². The number of hydrogen-bond donors (Lipinski definition) is 0. The van der Waals surface area contributed by atoms with Gasteiger partial charge in [-0.3, -0.25) is 0 Å². The van der Waals surface area contributed by atoms with Gasteiger partial charge in [0.1, 0.15) is 17.1 Å². The smallest absolute Gasteiger partial charge is 0.143 e. The quantitative estimate of drug-likeness (QED) is 0.627. The molecule has 0 N–H and O–H groups in total. The highest BCUT2D eigenvalue weighted by Crippen LogP contribution is 2.44. The van der Waals surface area contributed by atoms with Crippen LogP contribution in [0.15, 0.2) is 91.0 Å². The number of hydrogen-bond acceptors (Lipinski definition) is 0. The molecule has 0 radical (unpaired) electrons. The third-order valence-electron chi connectivity index (χ3n) is 4.23. The Kier molecular flexibility index (Phi) is 6.19. The lowest BCUT2D eigenvalue weighted by Crippen LogP contribution is -3.00. The maximum atomic E-state index is 2.29. The van der Waals surface area contributed by atoms with Crippen molar-refractivity contribution in [1.29, 1.82) is 0 Å². The van der Waals surface area contributed by atoms with Crippen LogP contribution in [0.25, 0.3) is 0 Å². The number of benzene rings is 3. The Morgan fingerprint density at radius 1 is 0.583 bits per heavy atom. The largest absolute Gasteiger partial charge is 1.00 e. The molecule has 0 atom stereocenters. The van der Waals surface area contributed by atoms with Crippen molar-refractivity contribution >= 4 is 17.1 Å². The first-order chi connectivity index (χ1) is 11.2. The van der Waals surface area contributed by atoms with Crippen LogP contribution in [0, 0.1) is 5.92 Å². The van der Waals surface area contributed by atoms with Crippen molar-refractivity contribution in [2.75, 3.05) is 6.54 Å². The highest BCUT2D eigenvalue weighted by atomic mass is 35.5. The molecule has 0 heterocycles. The van der Waals surface area contributed by atoms with Crippen LogP contribution in [-0.4, -0.2) is 6.54 Å². The molecule has 2 heteroatoms. The SMILES string of the molecule is CC(C)C[N+](c1ccccc1)(c1ccccc1)c1ccccc1.[Cl-]. The maximum Gasteiger partial charge on any atom is 0.143 e. The topological polar surface area (TPSA) is 0 Å². The molecule has 0 aromatic heterocycles. The van der Waals surface area contributed by atoms with E-state index in [0.717, 1.165) is 11.0 Å². The molecule has 3 rings (SSSR count). The zero-order chi connectivity index (χ0) is 16.1. The van der Waals surface area contributed by atoms with E-state index in [2.05, 4.69) is 105 Å². The van der Waals surface area contributed by atoms with Gasteiger partial charge in [-0.25, -0.2) is 4.48 Å². The number of para-hydroxylation sites is 3. The van der Waals surface area contributed by atoms with Crippen LogP contribution in [0.3, 0.4) is 0 Å². The van der Waals surface area contributed by atoms with E-state index >= 15 is 0 Å². The van der Waals surface area contributed by atoms with Crippen LogP contribution < -0.4 is 16.9 Å².